The molecule has 0 radical (unpaired) electrons. The van der Waals surface area contributed by atoms with Crippen LogP contribution < -0.4 is 10.4 Å². The molecule has 0 saturated carbocycles. The lowest BCUT2D eigenvalue weighted by atomic mass is 9.82. The summed E-state index contributed by atoms with van der Waals surface area (Å²) < 4.78 is 31.1. The molecule has 5 aromatic rings. The van der Waals surface area contributed by atoms with Crippen LogP contribution in [-0.4, -0.2) is 47.3 Å². The predicted octanol–water partition coefficient (Wildman–Crippen LogP) is 8.15. The lowest BCUT2D eigenvalue weighted by molar-refractivity contribution is -0.190. The van der Waals surface area contributed by atoms with Gasteiger partial charge in [-0.25, -0.2) is 9.59 Å². The van der Waals surface area contributed by atoms with E-state index in [0.29, 0.717) is 48.6 Å². The van der Waals surface area contributed by atoms with Crippen molar-refractivity contribution in [2.24, 2.45) is 5.92 Å². The van der Waals surface area contributed by atoms with E-state index in [9.17, 15) is 24.6 Å². The second-order valence-corrected chi connectivity index (χ2v) is 17.4. The Kier molecular flexibility index (Phi) is 13.3. The third-order valence-electron chi connectivity index (χ3n) is 12.7. The first-order valence-corrected chi connectivity index (χ1v) is 21.9. The largest absolute Gasteiger partial charge is 0.482 e. The van der Waals surface area contributed by atoms with E-state index < -0.39 is 48.8 Å². The van der Waals surface area contributed by atoms with E-state index in [1.807, 2.05) is 19.9 Å². The Morgan fingerprint density at radius 2 is 1.63 bits per heavy atom. The molecular formula is C53H54O10. The van der Waals surface area contributed by atoms with Crippen molar-refractivity contribution in [1.82, 2.24) is 0 Å². The van der Waals surface area contributed by atoms with Gasteiger partial charge in [0.25, 0.3) is 0 Å². The van der Waals surface area contributed by atoms with E-state index in [-0.39, 0.29) is 54.2 Å². The Morgan fingerprint density at radius 3 is 2.43 bits per heavy atom. The number of esters is 2. The van der Waals surface area contributed by atoms with Gasteiger partial charge in [-0.2, -0.15) is 0 Å². The van der Waals surface area contributed by atoms with Crippen LogP contribution >= 0.6 is 0 Å². The lowest BCUT2D eigenvalue weighted by Gasteiger charge is -2.44. The molecule has 0 saturated heterocycles. The van der Waals surface area contributed by atoms with Gasteiger partial charge in [-0.1, -0.05) is 90.2 Å². The Bertz CT molecular complexity index is 2660. The van der Waals surface area contributed by atoms with Crippen molar-refractivity contribution in [2.45, 2.75) is 109 Å². The third-order valence-corrected chi connectivity index (χ3v) is 12.7. The van der Waals surface area contributed by atoms with Gasteiger partial charge in [0.2, 0.25) is 0 Å². The molecule has 63 heavy (non-hydrogen) atoms. The normalized spacial score (nSPS) is 21.0. The van der Waals surface area contributed by atoms with Gasteiger partial charge in [0, 0.05) is 35.8 Å². The van der Waals surface area contributed by atoms with Crippen LogP contribution in [0.15, 0.2) is 105 Å². The molecule has 0 aliphatic carbocycles. The van der Waals surface area contributed by atoms with Crippen LogP contribution in [0.25, 0.3) is 11.0 Å². The minimum Gasteiger partial charge on any atom is -0.482 e. The van der Waals surface area contributed by atoms with Gasteiger partial charge in [0.1, 0.15) is 18.1 Å². The number of hydrogen-bond donors (Lipinski definition) is 2. The quantitative estimate of drug-likeness (QED) is 0.0353. The topological polar surface area (TPSA) is 142 Å². The maximum atomic E-state index is 14.7. The molecule has 3 aliphatic rings. The minimum absolute atomic E-state index is 0.0178. The molecule has 4 unspecified atom stereocenters. The number of aryl methyl sites for hydroxylation is 2. The summed E-state index contributed by atoms with van der Waals surface area (Å²) in [7, 11) is 0. The number of carbonyl (C=O) groups is 2. The molecule has 1 aromatic heterocycles. The summed E-state index contributed by atoms with van der Waals surface area (Å²) in [5, 5.41) is 20.3. The highest BCUT2D eigenvalue weighted by Gasteiger charge is 2.53. The van der Waals surface area contributed by atoms with Gasteiger partial charge in [-0.05, 0) is 116 Å². The third kappa shape index (κ3) is 9.67. The summed E-state index contributed by atoms with van der Waals surface area (Å²) in [6, 6.07) is 28.8. The first-order chi connectivity index (χ1) is 30.5. The fraction of sp³-hybridized carbons (Fsp3) is 0.377. The summed E-state index contributed by atoms with van der Waals surface area (Å²) in [5.41, 5.74) is 6.96. The number of hydrogen-bond acceptors (Lipinski definition) is 10. The minimum atomic E-state index is -1.31. The zero-order valence-electron chi connectivity index (χ0n) is 36.2. The van der Waals surface area contributed by atoms with E-state index in [2.05, 4.69) is 78.6 Å². The second kappa shape index (κ2) is 19.2. The summed E-state index contributed by atoms with van der Waals surface area (Å²) >= 11 is 0. The first kappa shape index (κ1) is 43.7. The first-order valence-electron chi connectivity index (χ1n) is 21.9. The van der Waals surface area contributed by atoms with Gasteiger partial charge in [-0.15, -0.1) is 0 Å². The number of benzene rings is 4. The zero-order chi connectivity index (χ0) is 44.1. The fourth-order valence-corrected chi connectivity index (χ4v) is 9.34. The maximum absolute atomic E-state index is 14.7. The van der Waals surface area contributed by atoms with Gasteiger partial charge in [0.05, 0.1) is 25.2 Å². The van der Waals surface area contributed by atoms with E-state index in [1.165, 1.54) is 16.7 Å². The summed E-state index contributed by atoms with van der Waals surface area (Å²) in [6.07, 6.45) is 2.15. The number of carbonyl (C=O) groups excluding carboxylic acids is 2. The number of fused-ring (bicyclic) bond motifs is 7. The molecule has 0 fully saturated rings. The molecule has 2 N–H and O–H groups in total. The molecule has 0 amide bonds. The number of aliphatic hydroxyl groups excluding tert-OH is 2. The van der Waals surface area contributed by atoms with Gasteiger partial charge in [0.15, 0.2) is 17.8 Å². The van der Waals surface area contributed by atoms with Crippen LogP contribution in [0.4, 0.5) is 0 Å². The summed E-state index contributed by atoms with van der Waals surface area (Å²) in [4.78, 5) is 42.9. The zero-order valence-corrected chi connectivity index (χ0v) is 36.2. The predicted molar refractivity (Wildman–Crippen MR) is 238 cm³/mol. The molecule has 8 rings (SSSR count). The molecular weight excluding hydrogens is 797 g/mol. The molecule has 326 valence electrons. The van der Waals surface area contributed by atoms with Crippen LogP contribution in [-0.2, 0) is 68.9 Å². The summed E-state index contributed by atoms with van der Waals surface area (Å²) in [5.74, 6) is 5.81. The number of aliphatic hydroxyl groups is 2. The fourth-order valence-electron chi connectivity index (χ4n) is 9.34. The van der Waals surface area contributed by atoms with Crippen LogP contribution in [0.3, 0.4) is 0 Å². The van der Waals surface area contributed by atoms with Crippen molar-refractivity contribution in [2.75, 3.05) is 13.4 Å². The van der Waals surface area contributed by atoms with Crippen LogP contribution in [0.2, 0.25) is 0 Å². The Morgan fingerprint density at radius 1 is 0.825 bits per heavy atom. The van der Waals surface area contributed by atoms with Crippen LogP contribution in [0, 0.1) is 17.8 Å². The number of rotatable bonds is 10. The van der Waals surface area contributed by atoms with Crippen molar-refractivity contribution in [1.29, 1.82) is 0 Å². The van der Waals surface area contributed by atoms with Crippen molar-refractivity contribution < 1.29 is 43.2 Å². The van der Waals surface area contributed by atoms with Crippen LogP contribution in [0.1, 0.15) is 103 Å². The molecule has 3 aliphatic heterocycles. The maximum Gasteiger partial charge on any atom is 0.339 e. The van der Waals surface area contributed by atoms with Gasteiger partial charge >= 0.3 is 17.6 Å². The monoisotopic (exact) mass is 850 g/mol. The Balaban J connectivity index is 1.24. The average molecular weight is 851 g/mol. The van der Waals surface area contributed by atoms with E-state index in [1.54, 1.807) is 19.1 Å². The van der Waals surface area contributed by atoms with Crippen molar-refractivity contribution in [3.05, 3.63) is 157 Å². The van der Waals surface area contributed by atoms with Crippen molar-refractivity contribution >= 4 is 22.9 Å². The number of ether oxygens (including phenoxy) is 4. The molecule has 10 heteroatoms. The van der Waals surface area contributed by atoms with E-state index in [4.69, 9.17) is 23.4 Å². The van der Waals surface area contributed by atoms with Crippen molar-refractivity contribution in [3.63, 3.8) is 0 Å². The molecule has 4 atom stereocenters. The highest BCUT2D eigenvalue weighted by molar-refractivity contribution is 5.90. The average Bonchev–Trinajstić information content (AvgIpc) is 3.26. The molecule has 4 heterocycles. The standard InChI is InChI=1S/C53H54O10/c1-33(2)41-20-18-36-17-19-40-29-38(16-15-35-12-9-13-37(27-35)26-34-10-5-4-6-11-34)30-46(56)60-49-47-45(63-53(3,50(49)62-51(41)57)24-8-7-14-39(40)28-36)22-21-42-44(31-54)43(23-25-59-32-55)52(58)61-48(42)47/h4-6,9-13,17,19,21-22,27-28,38,49-50,54-55H,14-16,18,20,23-26,29-32H2,1-3H3. The van der Waals surface area contributed by atoms with E-state index >= 15 is 0 Å². The van der Waals surface area contributed by atoms with Gasteiger partial charge < -0.3 is 33.6 Å². The Hall–Kier alpha value is -5.99. The summed E-state index contributed by atoms with van der Waals surface area (Å²) in [6.45, 7) is 4.54. The number of allylic oxidation sites excluding steroid dienone is 1. The lowest BCUT2D eigenvalue weighted by Crippen LogP contribution is -2.54. The molecule has 0 spiro atoms. The molecule has 4 aromatic carbocycles. The van der Waals surface area contributed by atoms with Gasteiger partial charge in [-0.3, -0.25) is 4.79 Å². The van der Waals surface area contributed by atoms with E-state index in [0.717, 1.165) is 35.1 Å². The smallest absolute Gasteiger partial charge is 0.339 e. The highest BCUT2D eigenvalue weighted by atomic mass is 16.6. The second-order valence-electron chi connectivity index (χ2n) is 17.4. The molecule has 5 bridgehead atoms. The van der Waals surface area contributed by atoms with Crippen molar-refractivity contribution in [3.8, 4) is 17.6 Å². The highest BCUT2D eigenvalue weighted by Crippen LogP contribution is 2.49. The SMILES string of the molecule is CC(C)=C1CCc2ccc3c(c2)CC#CCC2(C)Oc4ccc5c(CO)c(CCOCO)c(=O)oc5c4C(OC(=O)CC(CCc4cccc(Cc5ccccc5)c4)C3)C2OC1=O. The molecule has 10 nitrogen and oxygen atoms in total. The van der Waals surface area contributed by atoms with Crippen LogP contribution in [0.5, 0.6) is 5.75 Å². The Labute approximate surface area is 367 Å².